The van der Waals surface area contributed by atoms with E-state index in [0.29, 0.717) is 0 Å². The van der Waals surface area contributed by atoms with Crippen LogP contribution in [0.2, 0.25) is 0 Å². The third-order valence-corrected chi connectivity index (χ3v) is 5.68. The molecule has 0 bridgehead atoms. The lowest BCUT2D eigenvalue weighted by Crippen LogP contribution is -2.60. The summed E-state index contributed by atoms with van der Waals surface area (Å²) < 4.78 is 0. The minimum atomic E-state index is -0.663. The van der Waals surface area contributed by atoms with Gasteiger partial charge in [0.05, 0.1) is 5.92 Å². The summed E-state index contributed by atoms with van der Waals surface area (Å²) in [6.07, 6.45) is 10.7. The van der Waals surface area contributed by atoms with Gasteiger partial charge in [-0.1, -0.05) is 51.9 Å². The lowest BCUT2D eigenvalue weighted by atomic mass is 9.69. The molecule has 1 rings (SSSR count). The minimum Gasteiger partial charge on any atom is -0.481 e. The summed E-state index contributed by atoms with van der Waals surface area (Å²) in [5, 5.41) is 21.6. The molecule has 1 heterocycles. The predicted octanol–water partition coefficient (Wildman–Crippen LogP) is 5.49. The van der Waals surface area contributed by atoms with Crippen molar-refractivity contribution in [1.82, 2.24) is 5.06 Å². The first-order valence-electron chi connectivity index (χ1n) is 9.84. The van der Waals surface area contributed by atoms with E-state index in [0.717, 1.165) is 32.1 Å². The summed E-state index contributed by atoms with van der Waals surface area (Å²) in [5.74, 6) is -0.812. The molecule has 24 heavy (non-hydrogen) atoms. The molecule has 0 spiro atoms. The van der Waals surface area contributed by atoms with Crippen molar-refractivity contribution in [2.75, 3.05) is 0 Å². The van der Waals surface area contributed by atoms with Crippen LogP contribution in [-0.2, 0) is 4.79 Å². The molecule has 0 aliphatic carbocycles. The molecule has 0 radical (unpaired) electrons. The van der Waals surface area contributed by atoms with Crippen molar-refractivity contribution in [3.63, 3.8) is 0 Å². The number of rotatable bonds is 10. The van der Waals surface area contributed by atoms with E-state index in [1.165, 1.54) is 37.2 Å². The SMILES string of the molecule is CCCCCCCCCC(C(=O)O)C1CC(C)(C)N(O)C(C)(C)C1. The molecule has 1 aliphatic heterocycles. The van der Waals surface area contributed by atoms with Crippen molar-refractivity contribution in [3.8, 4) is 0 Å². The number of unbranched alkanes of at least 4 members (excludes halogenated alkanes) is 6. The van der Waals surface area contributed by atoms with Crippen LogP contribution in [0.3, 0.4) is 0 Å². The average Bonchev–Trinajstić information content (AvgIpc) is 2.46. The molecule has 0 aromatic heterocycles. The van der Waals surface area contributed by atoms with E-state index in [1.807, 2.05) is 27.7 Å². The highest BCUT2D eigenvalue weighted by molar-refractivity contribution is 5.70. The van der Waals surface area contributed by atoms with Crippen LogP contribution in [0.1, 0.15) is 98.8 Å². The maximum Gasteiger partial charge on any atom is 0.306 e. The first kappa shape index (κ1) is 21.4. The monoisotopic (exact) mass is 341 g/mol. The van der Waals surface area contributed by atoms with Crippen molar-refractivity contribution in [3.05, 3.63) is 0 Å². The fraction of sp³-hybridized carbons (Fsp3) is 0.950. The van der Waals surface area contributed by atoms with Gasteiger partial charge in [-0.05, 0) is 52.9 Å². The fourth-order valence-corrected chi connectivity index (χ4v) is 4.51. The molecule has 0 amide bonds. The highest BCUT2D eigenvalue weighted by Gasteiger charge is 2.48. The lowest BCUT2D eigenvalue weighted by molar-refractivity contribution is -0.254. The molecule has 0 aromatic carbocycles. The van der Waals surface area contributed by atoms with Crippen LogP contribution in [0.15, 0.2) is 0 Å². The molecule has 1 unspecified atom stereocenters. The van der Waals surface area contributed by atoms with Crippen LogP contribution in [-0.4, -0.2) is 32.4 Å². The Kier molecular flexibility index (Phi) is 8.21. The molecule has 142 valence electrons. The Hall–Kier alpha value is -0.610. The topological polar surface area (TPSA) is 60.8 Å². The molecule has 4 nitrogen and oxygen atoms in total. The number of hydrogen-bond acceptors (Lipinski definition) is 3. The Bertz CT molecular complexity index is 374. The van der Waals surface area contributed by atoms with E-state index in [9.17, 15) is 15.1 Å². The number of hydrogen-bond donors (Lipinski definition) is 2. The van der Waals surface area contributed by atoms with E-state index >= 15 is 0 Å². The summed E-state index contributed by atoms with van der Waals surface area (Å²) in [6.45, 7) is 10.3. The van der Waals surface area contributed by atoms with Gasteiger partial charge in [-0.15, -0.1) is 0 Å². The minimum absolute atomic E-state index is 0.135. The fourth-order valence-electron chi connectivity index (χ4n) is 4.51. The smallest absolute Gasteiger partial charge is 0.306 e. The van der Waals surface area contributed by atoms with Gasteiger partial charge in [0.1, 0.15) is 0 Å². The summed E-state index contributed by atoms with van der Waals surface area (Å²) >= 11 is 0. The summed E-state index contributed by atoms with van der Waals surface area (Å²) in [7, 11) is 0. The second-order valence-corrected chi connectivity index (χ2v) is 8.96. The van der Waals surface area contributed by atoms with E-state index in [2.05, 4.69) is 6.92 Å². The first-order valence-corrected chi connectivity index (χ1v) is 9.84. The maximum atomic E-state index is 11.8. The van der Waals surface area contributed by atoms with Gasteiger partial charge >= 0.3 is 5.97 Å². The number of hydroxylamine groups is 2. The van der Waals surface area contributed by atoms with Gasteiger partial charge in [0.25, 0.3) is 0 Å². The number of aliphatic carboxylic acids is 1. The number of nitrogens with zero attached hydrogens (tertiary/aromatic N) is 1. The Morgan fingerprint density at radius 3 is 1.92 bits per heavy atom. The zero-order valence-electron chi connectivity index (χ0n) is 16.5. The third kappa shape index (κ3) is 6.03. The van der Waals surface area contributed by atoms with Gasteiger partial charge in [0.2, 0.25) is 0 Å². The summed E-state index contributed by atoms with van der Waals surface area (Å²) in [5.41, 5.74) is -0.749. The molecule has 1 saturated heterocycles. The van der Waals surface area contributed by atoms with Crippen molar-refractivity contribution in [2.24, 2.45) is 11.8 Å². The largest absolute Gasteiger partial charge is 0.481 e. The van der Waals surface area contributed by atoms with Gasteiger partial charge in [-0.25, -0.2) is 0 Å². The predicted molar refractivity (Wildman–Crippen MR) is 98.2 cm³/mol. The zero-order valence-corrected chi connectivity index (χ0v) is 16.5. The number of piperidine rings is 1. The van der Waals surface area contributed by atoms with Crippen molar-refractivity contribution in [2.45, 2.75) is 110 Å². The van der Waals surface area contributed by atoms with Crippen molar-refractivity contribution >= 4 is 5.97 Å². The first-order chi connectivity index (χ1) is 11.1. The highest BCUT2D eigenvalue weighted by atomic mass is 16.5. The second kappa shape index (κ2) is 9.19. The Morgan fingerprint density at radius 2 is 1.46 bits per heavy atom. The standard InChI is InChI=1S/C20H39NO3/c1-6-7-8-9-10-11-12-13-17(18(22)23)16-14-19(2,3)21(24)20(4,5)15-16/h16-17,24H,6-15H2,1-5H3,(H,22,23). The van der Waals surface area contributed by atoms with Crippen molar-refractivity contribution < 1.29 is 15.1 Å². The van der Waals surface area contributed by atoms with Crippen LogP contribution < -0.4 is 0 Å². The van der Waals surface area contributed by atoms with Gasteiger partial charge in [0.15, 0.2) is 0 Å². The van der Waals surface area contributed by atoms with Crippen LogP contribution in [0.25, 0.3) is 0 Å². The van der Waals surface area contributed by atoms with E-state index < -0.39 is 5.97 Å². The van der Waals surface area contributed by atoms with Gasteiger partial charge < -0.3 is 10.3 Å². The van der Waals surface area contributed by atoms with Crippen molar-refractivity contribution in [1.29, 1.82) is 0 Å². The number of carboxylic acids is 1. The molecule has 1 fully saturated rings. The molecule has 2 N–H and O–H groups in total. The highest BCUT2D eigenvalue weighted by Crippen LogP contribution is 2.44. The molecule has 1 aliphatic rings. The quantitative estimate of drug-likeness (QED) is 0.516. The van der Waals surface area contributed by atoms with Crippen LogP contribution in [0.5, 0.6) is 0 Å². The van der Waals surface area contributed by atoms with Crippen LogP contribution >= 0.6 is 0 Å². The van der Waals surface area contributed by atoms with Crippen LogP contribution in [0, 0.1) is 11.8 Å². The Morgan fingerprint density at radius 1 is 1.00 bits per heavy atom. The van der Waals surface area contributed by atoms with E-state index in [-0.39, 0.29) is 22.9 Å². The Labute approximate surface area is 148 Å². The normalized spacial score (nSPS) is 22.4. The average molecular weight is 342 g/mol. The van der Waals surface area contributed by atoms with E-state index in [4.69, 9.17) is 0 Å². The maximum absolute atomic E-state index is 11.8. The third-order valence-electron chi connectivity index (χ3n) is 5.68. The summed E-state index contributed by atoms with van der Waals surface area (Å²) in [4.78, 5) is 11.8. The lowest BCUT2D eigenvalue weighted by Gasteiger charge is -2.52. The Balaban J connectivity index is 2.54. The molecule has 0 saturated carbocycles. The van der Waals surface area contributed by atoms with Gasteiger partial charge in [-0.2, -0.15) is 5.06 Å². The molecule has 0 aromatic rings. The molecular formula is C20H39NO3. The van der Waals surface area contributed by atoms with Gasteiger partial charge in [-0.3, -0.25) is 4.79 Å². The summed E-state index contributed by atoms with van der Waals surface area (Å²) in [6, 6.07) is 0. The molecule has 4 heteroatoms. The molecule has 1 atom stereocenters. The van der Waals surface area contributed by atoms with E-state index in [1.54, 1.807) is 0 Å². The number of carbonyl (C=O) groups is 1. The number of carboxylic acid groups (broad SMARTS) is 1. The molecular weight excluding hydrogens is 302 g/mol. The second-order valence-electron chi connectivity index (χ2n) is 8.96. The van der Waals surface area contributed by atoms with Gasteiger partial charge in [0, 0.05) is 11.1 Å². The van der Waals surface area contributed by atoms with Crippen LogP contribution in [0.4, 0.5) is 0 Å². The zero-order chi connectivity index (χ0) is 18.4.